The molecule has 0 aliphatic heterocycles. The molecule has 0 aliphatic rings. The van der Waals surface area contributed by atoms with Crippen molar-refractivity contribution in [3.63, 3.8) is 0 Å². The van der Waals surface area contributed by atoms with Crippen molar-refractivity contribution in [3.8, 4) is 0 Å². The number of carbonyl (C=O) groups is 1. The molecule has 3 rings (SSSR count). The van der Waals surface area contributed by atoms with Crippen LogP contribution in [0, 0.1) is 11.7 Å². The highest BCUT2D eigenvalue weighted by Crippen LogP contribution is 2.22. The molecule has 1 amide bonds. The lowest BCUT2D eigenvalue weighted by atomic mass is 9.96. The first kappa shape index (κ1) is 19.5. The van der Waals surface area contributed by atoms with Gasteiger partial charge in [0.2, 0.25) is 0 Å². The third-order valence-electron chi connectivity index (χ3n) is 4.72. The minimum Gasteiger partial charge on any atom is -0.344 e. The van der Waals surface area contributed by atoms with Gasteiger partial charge >= 0.3 is 5.69 Å². The van der Waals surface area contributed by atoms with Crippen LogP contribution < -0.4 is 16.6 Å². The molecule has 1 aromatic carbocycles. The Morgan fingerprint density at radius 1 is 1.04 bits per heavy atom. The Morgan fingerprint density at radius 2 is 1.68 bits per heavy atom. The number of nitrogens with zero attached hydrogens (tertiary/aromatic N) is 3. The number of aryl methyl sites for hydroxylation is 1. The first-order chi connectivity index (χ1) is 13.2. The number of aromatic nitrogens is 3. The summed E-state index contributed by atoms with van der Waals surface area (Å²) in [5.74, 6) is -0.749. The number of halogens is 1. The van der Waals surface area contributed by atoms with Crippen LogP contribution in [0.1, 0.15) is 35.9 Å². The number of pyridine rings is 1. The van der Waals surface area contributed by atoms with Gasteiger partial charge in [0.25, 0.3) is 11.5 Å². The van der Waals surface area contributed by atoms with Crippen molar-refractivity contribution in [2.45, 2.75) is 19.9 Å². The Balaban J connectivity index is 1.99. The minimum atomic E-state index is -0.520. The summed E-state index contributed by atoms with van der Waals surface area (Å²) in [5.41, 5.74) is 0.0109. The third kappa shape index (κ3) is 3.45. The van der Waals surface area contributed by atoms with Crippen LogP contribution in [0.15, 0.2) is 46.0 Å². The van der Waals surface area contributed by atoms with Crippen LogP contribution in [0.2, 0.25) is 0 Å². The Bertz CT molecular complexity index is 1160. The molecule has 8 heteroatoms. The number of benzene rings is 1. The van der Waals surface area contributed by atoms with Crippen molar-refractivity contribution in [2.24, 2.45) is 20.0 Å². The Labute approximate surface area is 160 Å². The van der Waals surface area contributed by atoms with E-state index >= 15 is 0 Å². The lowest BCUT2D eigenvalue weighted by Crippen LogP contribution is -2.38. The molecule has 7 nitrogen and oxygen atoms in total. The van der Waals surface area contributed by atoms with E-state index in [1.807, 2.05) is 13.8 Å². The Morgan fingerprint density at radius 3 is 2.29 bits per heavy atom. The van der Waals surface area contributed by atoms with Gasteiger partial charge in [-0.05, 0) is 35.7 Å². The average Bonchev–Trinajstić information content (AvgIpc) is 2.68. The number of hydrogen-bond acceptors (Lipinski definition) is 4. The van der Waals surface area contributed by atoms with Crippen LogP contribution in [-0.2, 0) is 14.1 Å². The molecule has 0 saturated carbocycles. The monoisotopic (exact) mass is 384 g/mol. The van der Waals surface area contributed by atoms with E-state index in [4.69, 9.17) is 0 Å². The van der Waals surface area contributed by atoms with E-state index in [1.54, 1.807) is 12.1 Å². The molecule has 0 fully saturated rings. The van der Waals surface area contributed by atoms with Crippen LogP contribution in [0.5, 0.6) is 0 Å². The van der Waals surface area contributed by atoms with E-state index in [9.17, 15) is 18.8 Å². The lowest BCUT2D eigenvalue weighted by molar-refractivity contribution is 0.0921. The van der Waals surface area contributed by atoms with Gasteiger partial charge in [-0.1, -0.05) is 26.0 Å². The molecular formula is C20H21FN4O3. The largest absolute Gasteiger partial charge is 0.344 e. The van der Waals surface area contributed by atoms with Gasteiger partial charge in [0.1, 0.15) is 17.2 Å². The van der Waals surface area contributed by atoms with Crippen LogP contribution in [0.4, 0.5) is 4.39 Å². The smallest absolute Gasteiger partial charge is 0.332 e. The van der Waals surface area contributed by atoms with Crippen molar-refractivity contribution in [3.05, 3.63) is 74.3 Å². The van der Waals surface area contributed by atoms with Gasteiger partial charge in [-0.25, -0.2) is 14.2 Å². The molecule has 0 bridgehead atoms. The average molecular weight is 384 g/mol. The fourth-order valence-electron chi connectivity index (χ4n) is 3.10. The van der Waals surface area contributed by atoms with E-state index in [1.165, 1.54) is 42.9 Å². The number of amides is 1. The molecule has 1 atom stereocenters. The maximum absolute atomic E-state index is 13.2. The second kappa shape index (κ2) is 7.38. The first-order valence-electron chi connectivity index (χ1n) is 8.83. The normalized spacial score (nSPS) is 12.4. The molecule has 0 saturated heterocycles. The van der Waals surface area contributed by atoms with Gasteiger partial charge in [0.15, 0.2) is 0 Å². The highest BCUT2D eigenvalue weighted by Gasteiger charge is 2.21. The predicted octanol–water partition coefficient (Wildman–Crippen LogP) is 1.90. The molecule has 0 aliphatic carbocycles. The molecule has 146 valence electrons. The predicted molar refractivity (Wildman–Crippen MR) is 104 cm³/mol. The van der Waals surface area contributed by atoms with Gasteiger partial charge in [-0.3, -0.25) is 18.7 Å². The standard InChI is InChI=1S/C20H21FN4O3/c1-11(2)16(12-5-7-13(21)8-6-12)23-18(26)15-10-9-14-17(22-15)24(3)20(28)25(4)19(14)27/h5-11,16H,1-4H3,(H,23,26)/t16-/m1/s1. The van der Waals surface area contributed by atoms with Crippen LogP contribution >= 0.6 is 0 Å². The van der Waals surface area contributed by atoms with Gasteiger partial charge < -0.3 is 5.32 Å². The third-order valence-corrected chi connectivity index (χ3v) is 4.72. The van der Waals surface area contributed by atoms with Crippen molar-refractivity contribution in [1.29, 1.82) is 0 Å². The number of carbonyl (C=O) groups excluding carboxylic acids is 1. The molecule has 0 spiro atoms. The van der Waals surface area contributed by atoms with Crippen molar-refractivity contribution >= 4 is 16.9 Å². The molecule has 28 heavy (non-hydrogen) atoms. The summed E-state index contributed by atoms with van der Waals surface area (Å²) >= 11 is 0. The number of fused-ring (bicyclic) bond motifs is 1. The highest BCUT2D eigenvalue weighted by atomic mass is 19.1. The van der Waals surface area contributed by atoms with Crippen molar-refractivity contribution < 1.29 is 9.18 Å². The van der Waals surface area contributed by atoms with Crippen molar-refractivity contribution in [1.82, 2.24) is 19.4 Å². The maximum Gasteiger partial charge on any atom is 0.332 e. The van der Waals surface area contributed by atoms with Gasteiger partial charge in [0, 0.05) is 14.1 Å². The Kier molecular flexibility index (Phi) is 5.13. The second-order valence-electron chi connectivity index (χ2n) is 7.02. The fraction of sp³-hybridized carbons (Fsp3) is 0.300. The van der Waals surface area contributed by atoms with Crippen LogP contribution in [-0.4, -0.2) is 20.0 Å². The zero-order chi connectivity index (χ0) is 20.6. The number of rotatable bonds is 4. The summed E-state index contributed by atoms with van der Waals surface area (Å²) in [6, 6.07) is 8.53. The zero-order valence-corrected chi connectivity index (χ0v) is 16.1. The molecule has 3 aromatic rings. The van der Waals surface area contributed by atoms with E-state index < -0.39 is 17.2 Å². The van der Waals surface area contributed by atoms with Gasteiger partial charge in [-0.2, -0.15) is 0 Å². The van der Waals surface area contributed by atoms with Crippen LogP contribution in [0.3, 0.4) is 0 Å². The Hall–Kier alpha value is -3.29. The number of nitrogens with one attached hydrogen (secondary N) is 1. The fourth-order valence-corrected chi connectivity index (χ4v) is 3.10. The summed E-state index contributed by atoms with van der Waals surface area (Å²) in [4.78, 5) is 41.4. The lowest BCUT2D eigenvalue weighted by Gasteiger charge is -2.23. The van der Waals surface area contributed by atoms with E-state index in [0.29, 0.717) is 0 Å². The first-order valence-corrected chi connectivity index (χ1v) is 8.83. The van der Waals surface area contributed by atoms with E-state index in [2.05, 4.69) is 10.3 Å². The molecular weight excluding hydrogens is 363 g/mol. The zero-order valence-electron chi connectivity index (χ0n) is 16.1. The molecule has 0 unspecified atom stereocenters. The van der Waals surface area contributed by atoms with Crippen LogP contribution in [0.25, 0.3) is 11.0 Å². The molecule has 2 heterocycles. The van der Waals surface area contributed by atoms with Gasteiger partial charge in [0.05, 0.1) is 11.4 Å². The SMILES string of the molecule is CC(C)[C@@H](NC(=O)c1ccc2c(=O)n(C)c(=O)n(C)c2n1)c1ccc(F)cc1. The molecule has 2 aromatic heterocycles. The van der Waals surface area contributed by atoms with Gasteiger partial charge in [-0.15, -0.1) is 0 Å². The highest BCUT2D eigenvalue weighted by molar-refractivity contribution is 5.94. The topological polar surface area (TPSA) is 86.0 Å². The summed E-state index contributed by atoms with van der Waals surface area (Å²) in [6.07, 6.45) is 0. The summed E-state index contributed by atoms with van der Waals surface area (Å²) in [5, 5.41) is 3.15. The minimum absolute atomic E-state index is 0.0477. The molecule has 1 N–H and O–H groups in total. The number of hydrogen-bond donors (Lipinski definition) is 1. The summed E-state index contributed by atoms with van der Waals surface area (Å²) in [6.45, 7) is 3.88. The summed E-state index contributed by atoms with van der Waals surface area (Å²) in [7, 11) is 2.88. The summed E-state index contributed by atoms with van der Waals surface area (Å²) < 4.78 is 15.4. The quantitative estimate of drug-likeness (QED) is 0.744. The van der Waals surface area contributed by atoms with E-state index in [0.717, 1.165) is 10.1 Å². The van der Waals surface area contributed by atoms with E-state index in [-0.39, 0.29) is 34.5 Å². The maximum atomic E-state index is 13.2. The van der Waals surface area contributed by atoms with Crippen molar-refractivity contribution in [2.75, 3.05) is 0 Å². The second-order valence-corrected chi connectivity index (χ2v) is 7.02. The molecule has 0 radical (unpaired) electrons.